The number of rotatable bonds is 0. The molecule has 0 saturated heterocycles. The number of H-pyrrole nitrogens is 1. The van der Waals surface area contributed by atoms with Gasteiger partial charge in [0.25, 0.3) is 5.56 Å². The zero-order valence-corrected chi connectivity index (χ0v) is 6.87. The summed E-state index contributed by atoms with van der Waals surface area (Å²) in [4.78, 5) is 13.9. The first-order chi connectivity index (χ1) is 4.20. The second-order valence-electron chi connectivity index (χ2n) is 1.53. The highest BCUT2D eigenvalue weighted by Crippen LogP contribution is 2.07. The van der Waals surface area contributed by atoms with Crippen molar-refractivity contribution in [3.8, 4) is 0 Å². The molecule has 0 spiro atoms. The van der Waals surface area contributed by atoms with E-state index in [4.69, 9.17) is 0 Å². The molecule has 0 aromatic carbocycles. The third kappa shape index (κ3) is 1.59. The molecule has 0 aliphatic heterocycles. The lowest BCUT2D eigenvalue weighted by Gasteiger charge is -1.88. The van der Waals surface area contributed by atoms with Crippen LogP contribution in [0.5, 0.6) is 0 Å². The number of halogens is 1. The highest BCUT2D eigenvalue weighted by molar-refractivity contribution is 9.10. The summed E-state index contributed by atoms with van der Waals surface area (Å²) >= 11 is 7.05. The molecule has 1 aromatic rings. The Hall–Kier alpha value is -0.220. The van der Waals surface area contributed by atoms with Gasteiger partial charge in [-0.15, -0.1) is 12.6 Å². The molecule has 0 bridgehead atoms. The minimum atomic E-state index is -0.132. The van der Waals surface area contributed by atoms with Crippen LogP contribution in [0.25, 0.3) is 0 Å². The highest BCUT2D eigenvalue weighted by atomic mass is 79.9. The average Bonchev–Trinajstić information content (AvgIpc) is 1.80. The maximum absolute atomic E-state index is 10.6. The molecule has 0 amide bonds. The van der Waals surface area contributed by atoms with Crippen LogP contribution >= 0.6 is 28.6 Å². The Balaban J connectivity index is 3.34. The van der Waals surface area contributed by atoms with Crippen molar-refractivity contribution in [1.82, 2.24) is 4.98 Å². The summed E-state index contributed by atoms with van der Waals surface area (Å²) in [7, 11) is 0. The van der Waals surface area contributed by atoms with Gasteiger partial charge in [0.05, 0.1) is 4.47 Å². The Morgan fingerprint density at radius 3 is 2.78 bits per heavy atom. The van der Waals surface area contributed by atoms with Gasteiger partial charge in [-0.1, -0.05) is 0 Å². The van der Waals surface area contributed by atoms with E-state index in [0.717, 1.165) is 4.90 Å². The van der Waals surface area contributed by atoms with Gasteiger partial charge in [0.2, 0.25) is 0 Å². The van der Waals surface area contributed by atoms with Crippen LogP contribution in [0.2, 0.25) is 0 Å². The van der Waals surface area contributed by atoms with E-state index in [1.54, 1.807) is 6.07 Å². The van der Waals surface area contributed by atoms with Gasteiger partial charge in [-0.05, 0) is 22.0 Å². The maximum atomic E-state index is 10.6. The molecule has 9 heavy (non-hydrogen) atoms. The third-order valence-corrected chi connectivity index (χ3v) is 1.69. The van der Waals surface area contributed by atoms with Crippen molar-refractivity contribution in [3.63, 3.8) is 0 Å². The normalized spacial score (nSPS) is 9.56. The van der Waals surface area contributed by atoms with Gasteiger partial charge in [-0.2, -0.15) is 0 Å². The van der Waals surface area contributed by atoms with Crippen molar-refractivity contribution < 1.29 is 0 Å². The predicted molar refractivity (Wildman–Crippen MR) is 42.0 cm³/mol. The number of nitrogens with one attached hydrogen (secondary N) is 1. The lowest BCUT2D eigenvalue weighted by atomic mass is 10.5. The Bertz CT molecular complexity index is 270. The van der Waals surface area contributed by atoms with Crippen molar-refractivity contribution in [3.05, 3.63) is 27.1 Å². The summed E-state index contributed by atoms with van der Waals surface area (Å²) in [6.07, 6.45) is 1.54. The van der Waals surface area contributed by atoms with Crippen molar-refractivity contribution in [2.75, 3.05) is 0 Å². The topological polar surface area (TPSA) is 32.9 Å². The fourth-order valence-corrected chi connectivity index (χ4v) is 1.18. The molecule has 48 valence electrons. The summed E-state index contributed by atoms with van der Waals surface area (Å²) in [6, 6.07) is 1.64. The van der Waals surface area contributed by atoms with Gasteiger partial charge >= 0.3 is 0 Å². The van der Waals surface area contributed by atoms with E-state index in [1.165, 1.54) is 6.20 Å². The Kier molecular flexibility index (Phi) is 1.97. The molecule has 0 aliphatic carbocycles. The summed E-state index contributed by atoms with van der Waals surface area (Å²) in [6.45, 7) is 0. The molecular formula is C5H4BrNOS. The third-order valence-electron chi connectivity index (χ3n) is 0.843. The van der Waals surface area contributed by atoms with E-state index in [0.29, 0.717) is 4.47 Å². The van der Waals surface area contributed by atoms with Crippen LogP contribution in [0, 0.1) is 0 Å². The first-order valence-corrected chi connectivity index (χ1v) is 3.51. The Morgan fingerprint density at radius 2 is 2.33 bits per heavy atom. The van der Waals surface area contributed by atoms with E-state index in [2.05, 4.69) is 33.5 Å². The van der Waals surface area contributed by atoms with Crippen LogP contribution in [0.4, 0.5) is 0 Å². The molecule has 0 fully saturated rings. The molecule has 0 radical (unpaired) electrons. The molecule has 2 nitrogen and oxygen atoms in total. The quantitative estimate of drug-likeness (QED) is 0.618. The summed E-state index contributed by atoms with van der Waals surface area (Å²) in [5, 5.41) is 0. The van der Waals surface area contributed by atoms with Gasteiger partial charge in [0.15, 0.2) is 0 Å². The molecule has 1 aromatic heterocycles. The first-order valence-electron chi connectivity index (χ1n) is 2.27. The molecule has 1 heterocycles. The first kappa shape index (κ1) is 6.89. The summed E-state index contributed by atoms with van der Waals surface area (Å²) in [5.74, 6) is 0. The van der Waals surface area contributed by atoms with Crippen LogP contribution in [-0.2, 0) is 0 Å². The van der Waals surface area contributed by atoms with E-state index in [-0.39, 0.29) is 5.56 Å². The molecular weight excluding hydrogens is 202 g/mol. The van der Waals surface area contributed by atoms with E-state index in [9.17, 15) is 4.79 Å². The average molecular weight is 206 g/mol. The molecule has 4 heteroatoms. The monoisotopic (exact) mass is 205 g/mol. The zero-order chi connectivity index (χ0) is 6.85. The van der Waals surface area contributed by atoms with Crippen LogP contribution < -0.4 is 5.56 Å². The highest BCUT2D eigenvalue weighted by Gasteiger charge is 1.91. The minimum Gasteiger partial charge on any atom is -0.327 e. The SMILES string of the molecule is O=c1[nH]cc(S)cc1Br. The Morgan fingerprint density at radius 1 is 1.67 bits per heavy atom. The number of thiol groups is 1. The lowest BCUT2D eigenvalue weighted by Crippen LogP contribution is -2.04. The van der Waals surface area contributed by atoms with Crippen molar-refractivity contribution >= 4 is 28.6 Å². The molecule has 0 atom stereocenters. The molecule has 0 saturated carbocycles. The molecule has 0 aliphatic rings. The van der Waals surface area contributed by atoms with Gasteiger partial charge in [-0.25, -0.2) is 0 Å². The largest absolute Gasteiger partial charge is 0.327 e. The smallest absolute Gasteiger partial charge is 0.262 e. The summed E-state index contributed by atoms with van der Waals surface area (Å²) in [5.41, 5.74) is -0.132. The fraction of sp³-hybridized carbons (Fsp3) is 0. The number of hydrogen-bond donors (Lipinski definition) is 2. The van der Waals surface area contributed by atoms with Crippen molar-refractivity contribution in [2.45, 2.75) is 4.90 Å². The standard InChI is InChI=1S/C5H4BrNOS/c6-4-1-3(9)2-7-5(4)8/h1-2,9H,(H,7,8). The van der Waals surface area contributed by atoms with Gasteiger partial charge in [0, 0.05) is 11.1 Å². The minimum absolute atomic E-state index is 0.132. The van der Waals surface area contributed by atoms with Crippen LogP contribution in [0.1, 0.15) is 0 Å². The van der Waals surface area contributed by atoms with Crippen LogP contribution in [0.15, 0.2) is 26.4 Å². The van der Waals surface area contributed by atoms with E-state index >= 15 is 0 Å². The number of aromatic nitrogens is 1. The maximum Gasteiger partial charge on any atom is 0.262 e. The number of hydrogen-bond acceptors (Lipinski definition) is 2. The van der Waals surface area contributed by atoms with E-state index in [1.807, 2.05) is 0 Å². The molecule has 1 rings (SSSR count). The van der Waals surface area contributed by atoms with Crippen molar-refractivity contribution in [2.24, 2.45) is 0 Å². The fourth-order valence-electron chi connectivity index (χ4n) is 0.445. The number of pyridine rings is 1. The van der Waals surface area contributed by atoms with E-state index < -0.39 is 0 Å². The van der Waals surface area contributed by atoms with Gasteiger partial charge < -0.3 is 4.98 Å². The zero-order valence-electron chi connectivity index (χ0n) is 4.39. The van der Waals surface area contributed by atoms with Crippen molar-refractivity contribution in [1.29, 1.82) is 0 Å². The molecule has 0 unspecified atom stereocenters. The van der Waals surface area contributed by atoms with Gasteiger partial charge in [-0.3, -0.25) is 4.79 Å². The second kappa shape index (κ2) is 2.58. The Labute approximate surface area is 65.8 Å². The predicted octanol–water partition coefficient (Wildman–Crippen LogP) is 1.43. The van der Waals surface area contributed by atoms with Gasteiger partial charge in [0.1, 0.15) is 0 Å². The number of aromatic amines is 1. The van der Waals surface area contributed by atoms with Crippen LogP contribution in [-0.4, -0.2) is 4.98 Å². The lowest BCUT2D eigenvalue weighted by molar-refractivity contribution is 1.16. The summed E-state index contributed by atoms with van der Waals surface area (Å²) < 4.78 is 0.509. The molecule has 1 N–H and O–H groups in total. The van der Waals surface area contributed by atoms with Crippen LogP contribution in [0.3, 0.4) is 0 Å². The second-order valence-corrected chi connectivity index (χ2v) is 2.91.